The van der Waals surface area contributed by atoms with Crippen LogP contribution in [0.1, 0.15) is 61.4 Å². The number of methoxy groups -OCH3 is 3. The van der Waals surface area contributed by atoms with Crippen LogP contribution in [0.4, 0.5) is 29.2 Å². The number of anilines is 2. The predicted molar refractivity (Wildman–Crippen MR) is 247 cm³/mol. The van der Waals surface area contributed by atoms with Gasteiger partial charge < -0.3 is 40.6 Å². The molecule has 0 saturated carbocycles. The van der Waals surface area contributed by atoms with Crippen molar-refractivity contribution in [2.24, 2.45) is 16.6 Å². The summed E-state index contributed by atoms with van der Waals surface area (Å²) in [4.78, 5) is 63.7. The number of carbonyl (C=O) groups is 4. The summed E-state index contributed by atoms with van der Waals surface area (Å²) >= 11 is 6.46. The second-order valence-corrected chi connectivity index (χ2v) is 15.4. The van der Waals surface area contributed by atoms with Crippen molar-refractivity contribution in [1.29, 1.82) is 0 Å². The molecule has 20 heteroatoms. The number of hydrogen-bond donors (Lipinski definition) is 4. The number of aromatic nitrogens is 2. The number of aliphatic imine (C=N–C) groups is 1. The number of aliphatic carboxylic acids is 1. The molecule has 7 rings (SSSR count). The van der Waals surface area contributed by atoms with E-state index < -0.39 is 23.9 Å². The lowest BCUT2D eigenvalue weighted by Crippen LogP contribution is -2.43. The number of carboxylic acid groups (broad SMARTS) is 1. The number of likely N-dealkylation sites (tertiary alicyclic amines) is 1. The highest BCUT2D eigenvalue weighted by atomic mass is 35.5. The molecule has 1 fully saturated rings. The number of halogens is 5. The zero-order valence-electron chi connectivity index (χ0n) is 37.1. The Balaban J connectivity index is 0.00000104. The van der Waals surface area contributed by atoms with Gasteiger partial charge in [0.2, 0.25) is 11.9 Å². The molecule has 0 unspecified atom stereocenters. The lowest BCUT2D eigenvalue weighted by atomic mass is 9.94. The third-order valence-corrected chi connectivity index (χ3v) is 10.8. The second-order valence-electron chi connectivity index (χ2n) is 14.9. The Morgan fingerprint density at radius 3 is 2.32 bits per heavy atom. The van der Waals surface area contributed by atoms with Crippen LogP contribution in [0, 0.1) is 35.4 Å². The third kappa shape index (κ3) is 12.3. The topological polar surface area (TPSA) is 208 Å². The van der Waals surface area contributed by atoms with Gasteiger partial charge in [-0.05, 0) is 67.4 Å². The fraction of sp³-hybridized carbons (Fsp3) is 0.245. The molecule has 0 spiro atoms. The number of amides is 2. The number of nitrogens with one attached hydrogen (secondary N) is 2. The third-order valence-electron chi connectivity index (χ3n) is 10.6. The Labute approximate surface area is 398 Å². The maximum atomic E-state index is 15.3. The minimum absolute atomic E-state index is 0.122. The van der Waals surface area contributed by atoms with Gasteiger partial charge in [0.1, 0.15) is 17.3 Å². The highest BCUT2D eigenvalue weighted by molar-refractivity contribution is 6.31. The van der Waals surface area contributed by atoms with Gasteiger partial charge in [-0.1, -0.05) is 47.4 Å². The van der Waals surface area contributed by atoms with Crippen molar-refractivity contribution in [3.05, 3.63) is 129 Å². The van der Waals surface area contributed by atoms with Crippen LogP contribution in [0.5, 0.6) is 11.5 Å². The summed E-state index contributed by atoms with van der Waals surface area (Å²) in [6.45, 7) is 1.21. The molecule has 2 amide bonds. The predicted octanol–water partition coefficient (Wildman–Crippen LogP) is 6.80. The van der Waals surface area contributed by atoms with Crippen LogP contribution in [0.25, 0.3) is 11.3 Å². The first-order valence-corrected chi connectivity index (χ1v) is 21.2. The summed E-state index contributed by atoms with van der Waals surface area (Å²) in [5, 5.41) is 13.7. The molecule has 0 aliphatic carbocycles. The zero-order valence-corrected chi connectivity index (χ0v) is 37.8. The molecule has 0 radical (unpaired) electrons. The van der Waals surface area contributed by atoms with E-state index in [0.717, 1.165) is 5.56 Å². The van der Waals surface area contributed by atoms with E-state index in [1.54, 1.807) is 71.8 Å². The van der Waals surface area contributed by atoms with E-state index in [9.17, 15) is 27.6 Å². The first kappa shape index (κ1) is 50.4. The Morgan fingerprint density at radius 2 is 1.64 bits per heavy atom. The smallest absolute Gasteiger partial charge is 0.490 e. The number of alkyl halides is 3. The average Bonchev–Trinajstić information content (AvgIpc) is 3.49. The van der Waals surface area contributed by atoms with Gasteiger partial charge in [-0.15, -0.1) is 0 Å². The van der Waals surface area contributed by atoms with E-state index in [2.05, 4.69) is 39.3 Å². The van der Waals surface area contributed by atoms with Gasteiger partial charge in [-0.25, -0.2) is 23.9 Å². The van der Waals surface area contributed by atoms with Gasteiger partial charge >= 0.3 is 18.1 Å². The number of benzene rings is 4. The minimum Gasteiger partial charge on any atom is -0.496 e. The van der Waals surface area contributed by atoms with Crippen LogP contribution in [0.15, 0.2) is 84.0 Å². The van der Waals surface area contributed by atoms with Crippen molar-refractivity contribution in [2.75, 3.05) is 52.8 Å². The largest absolute Gasteiger partial charge is 0.496 e. The molecule has 0 bridgehead atoms. The number of rotatable bonds is 9. The number of esters is 1. The van der Waals surface area contributed by atoms with E-state index in [-0.39, 0.29) is 48.9 Å². The van der Waals surface area contributed by atoms with Crippen LogP contribution < -0.4 is 25.8 Å². The lowest BCUT2D eigenvalue weighted by molar-refractivity contribution is -0.192. The SMILES string of the molecule is COC(=O)c1ccc(C#CCNC(=O)C2CCN(C(=O)c3ccc(Nc4ncc5c(n4)-c4ccc(Cl)cc4C(c4c(F)cccc4OC)=NC5)cc3OC)CC2)cc1C#CCN.O=C(O)C(F)(F)F. The quantitative estimate of drug-likeness (QED) is 0.0684. The summed E-state index contributed by atoms with van der Waals surface area (Å²) in [5.74, 6) is 8.12. The second kappa shape index (κ2) is 22.7. The first-order chi connectivity index (χ1) is 33.1. The summed E-state index contributed by atoms with van der Waals surface area (Å²) in [5.41, 5.74) is 11.0. The van der Waals surface area contributed by atoms with Crippen LogP contribution in [0.2, 0.25) is 5.02 Å². The minimum atomic E-state index is -5.08. The number of hydrogen-bond acceptors (Lipinski definition) is 12. The molecule has 5 aromatic rings. The van der Waals surface area contributed by atoms with E-state index in [4.69, 9.17) is 51.4 Å². The number of fused-ring (bicyclic) bond motifs is 3. The van der Waals surface area contributed by atoms with E-state index in [0.29, 0.717) is 92.9 Å². The highest BCUT2D eigenvalue weighted by Crippen LogP contribution is 2.37. The molecule has 4 aromatic carbocycles. The Hall–Kier alpha value is -8.00. The summed E-state index contributed by atoms with van der Waals surface area (Å²) in [6, 6.07) is 20.0. The monoisotopic (exact) mass is 967 g/mol. The van der Waals surface area contributed by atoms with Crippen LogP contribution in [-0.4, -0.2) is 103 Å². The standard InChI is InChI=1S/C47H41ClFN7O6.C2HF3O2/c1-60-39-10-4-9-38(49)41(39)43-37-24-32(48)12-15-35(37)42-31(26-52-43)27-53-47(55-42)54-33-13-16-36(40(25-33)61-2)45(58)56-21-17-29(18-22-56)44(57)51-20-6-7-28-11-14-34(46(59)62-3)30(23-28)8-5-19-50;3-2(4,5)1(6)7/h4,9-16,23-25,27,29H,17-22,26,50H2,1-3H3,(H,51,57)(H,53,54,55);(H,6,7). The molecule has 69 heavy (non-hydrogen) atoms. The summed E-state index contributed by atoms with van der Waals surface area (Å²) < 4.78 is 63.1. The van der Waals surface area contributed by atoms with Crippen molar-refractivity contribution in [3.8, 4) is 46.4 Å². The maximum absolute atomic E-state index is 15.3. The van der Waals surface area contributed by atoms with Crippen molar-refractivity contribution in [2.45, 2.75) is 25.6 Å². The molecule has 2 aliphatic heterocycles. The Kier molecular flexibility index (Phi) is 16.6. The molecular weight excluding hydrogens is 926 g/mol. The maximum Gasteiger partial charge on any atom is 0.490 e. The van der Waals surface area contributed by atoms with Crippen molar-refractivity contribution >= 4 is 52.7 Å². The van der Waals surface area contributed by atoms with E-state index in [1.165, 1.54) is 27.4 Å². The fourth-order valence-electron chi connectivity index (χ4n) is 7.27. The normalized spacial score (nSPS) is 12.9. The molecular formula is C49H42ClF4N7O8. The van der Waals surface area contributed by atoms with Crippen molar-refractivity contribution in [1.82, 2.24) is 20.2 Å². The number of nitrogens with two attached hydrogens (primary N) is 1. The van der Waals surface area contributed by atoms with E-state index >= 15 is 4.39 Å². The summed E-state index contributed by atoms with van der Waals surface area (Å²) in [7, 11) is 4.27. The molecule has 1 saturated heterocycles. The average molecular weight is 968 g/mol. The van der Waals surface area contributed by atoms with Gasteiger partial charge in [-0.3, -0.25) is 14.6 Å². The number of piperidine rings is 1. The lowest BCUT2D eigenvalue weighted by Gasteiger charge is -2.31. The van der Waals surface area contributed by atoms with Crippen LogP contribution in [-0.2, 0) is 20.9 Å². The molecule has 15 nitrogen and oxygen atoms in total. The van der Waals surface area contributed by atoms with Gasteiger partial charge in [-0.2, -0.15) is 13.2 Å². The zero-order chi connectivity index (χ0) is 49.8. The summed E-state index contributed by atoms with van der Waals surface area (Å²) in [6.07, 6.45) is -2.45. The number of carboxylic acids is 1. The Bertz CT molecular complexity index is 2950. The molecule has 2 aliphatic rings. The van der Waals surface area contributed by atoms with Gasteiger partial charge in [0.05, 0.1) is 69.1 Å². The molecule has 1 aromatic heterocycles. The molecule has 3 heterocycles. The fourth-order valence-corrected chi connectivity index (χ4v) is 7.45. The molecule has 5 N–H and O–H groups in total. The number of nitrogens with zero attached hydrogens (tertiary/aromatic N) is 4. The van der Waals surface area contributed by atoms with Crippen LogP contribution in [0.3, 0.4) is 0 Å². The Morgan fingerprint density at radius 1 is 0.913 bits per heavy atom. The molecule has 356 valence electrons. The first-order valence-electron chi connectivity index (χ1n) is 20.8. The van der Waals surface area contributed by atoms with Gasteiger partial charge in [0, 0.05) is 69.8 Å². The van der Waals surface area contributed by atoms with Crippen LogP contribution >= 0.6 is 11.6 Å². The van der Waals surface area contributed by atoms with Gasteiger partial charge in [0.15, 0.2) is 0 Å². The number of ether oxygens (including phenoxy) is 3. The van der Waals surface area contributed by atoms with Gasteiger partial charge in [0.25, 0.3) is 5.91 Å². The van der Waals surface area contributed by atoms with E-state index in [1.807, 2.05) is 6.07 Å². The highest BCUT2D eigenvalue weighted by Gasteiger charge is 2.38. The number of carbonyl (C=O) groups excluding carboxylic acids is 3. The molecule has 0 atom stereocenters. The van der Waals surface area contributed by atoms with Crippen molar-refractivity contribution < 1.29 is 56.1 Å². The van der Waals surface area contributed by atoms with Crippen molar-refractivity contribution in [3.63, 3.8) is 0 Å².